The number of amides is 4. The zero-order chi connectivity index (χ0) is 34.9. The predicted octanol–water partition coefficient (Wildman–Crippen LogP) is 1.36. The number of nitrogens with one attached hydrogen (secondary N) is 4. The van der Waals surface area contributed by atoms with Gasteiger partial charge in [0, 0.05) is 20.4 Å². The van der Waals surface area contributed by atoms with Crippen molar-refractivity contribution >= 4 is 41.5 Å². The van der Waals surface area contributed by atoms with Crippen molar-refractivity contribution in [2.75, 3.05) is 19.7 Å². The summed E-state index contributed by atoms with van der Waals surface area (Å²) in [7, 11) is 0. The van der Waals surface area contributed by atoms with E-state index in [4.69, 9.17) is 24.9 Å². The summed E-state index contributed by atoms with van der Waals surface area (Å²) in [4.78, 5) is 78.9. The van der Waals surface area contributed by atoms with Crippen LogP contribution in [0.5, 0.6) is 5.75 Å². The van der Waals surface area contributed by atoms with Crippen LogP contribution >= 0.6 is 0 Å². The first-order chi connectivity index (χ1) is 21.1. The fourth-order valence-electron chi connectivity index (χ4n) is 3.37. The molecular weight excluding hydrogens is 599 g/mol. The van der Waals surface area contributed by atoms with Gasteiger partial charge in [0.15, 0.2) is 11.6 Å². The molecule has 2 atom stereocenters. The third-order valence-corrected chi connectivity index (χ3v) is 5.24. The normalized spacial score (nSPS) is 11.1. The minimum atomic E-state index is -1.42. The Bertz CT molecular complexity index is 1110. The maximum Gasteiger partial charge on any atom is 0.305 e. The van der Waals surface area contributed by atoms with Gasteiger partial charge in [0.2, 0.25) is 23.6 Å². The molecule has 0 aliphatic rings. The summed E-state index contributed by atoms with van der Waals surface area (Å²) in [5, 5.41) is 34.4. The highest BCUT2D eigenvalue weighted by atomic mass is 19.1. The smallest absolute Gasteiger partial charge is 0.305 e. The minimum absolute atomic E-state index is 0.187. The summed E-state index contributed by atoms with van der Waals surface area (Å²) in [6, 6.07) is 1.89. The van der Waals surface area contributed by atoms with Gasteiger partial charge in [-0.2, -0.15) is 0 Å². The van der Waals surface area contributed by atoms with Gasteiger partial charge in [0.25, 0.3) is 5.97 Å². The molecule has 15 nitrogen and oxygen atoms in total. The molecule has 0 radical (unpaired) electrons. The molecule has 0 aliphatic heterocycles. The summed E-state index contributed by atoms with van der Waals surface area (Å²) in [6.45, 7) is 7.83. The molecule has 0 heterocycles. The average Bonchev–Trinajstić information content (AvgIpc) is 2.93. The summed E-state index contributed by atoms with van der Waals surface area (Å²) >= 11 is 0. The lowest BCUT2D eigenvalue weighted by molar-refractivity contribution is -0.140. The zero-order valence-corrected chi connectivity index (χ0v) is 26.2. The van der Waals surface area contributed by atoms with E-state index in [2.05, 4.69) is 21.3 Å². The van der Waals surface area contributed by atoms with E-state index in [0.717, 1.165) is 25.8 Å². The van der Waals surface area contributed by atoms with Gasteiger partial charge >= 0.3 is 11.9 Å². The molecule has 0 saturated carbocycles. The standard InChI is InChI=1S/C25H35FN4O9.C2H4O2.C2H6/c1-15-7-8-20(17(26)11-15)39-10-6-4-3-5-9-27-24(37)19(13-23(35)36)30-21(32)14-28-25(38)18(12-22(33)34)29-16(2)31;1-2(3)4;1-2/h7-8,11,18-19H,3-6,9-10,12-14H2,1-2H3,(H,27,37)(H,28,38)(H,29,31)(H,30,32)(H,33,34)(H,35,36);1H3,(H,3,4);1-2H3. The Labute approximate surface area is 261 Å². The molecule has 45 heavy (non-hydrogen) atoms. The number of carbonyl (C=O) groups excluding carboxylic acids is 4. The Morgan fingerprint density at radius 2 is 1.31 bits per heavy atom. The molecule has 0 fully saturated rings. The highest BCUT2D eigenvalue weighted by Gasteiger charge is 2.26. The van der Waals surface area contributed by atoms with Crippen molar-refractivity contribution in [1.82, 2.24) is 21.3 Å². The van der Waals surface area contributed by atoms with Crippen molar-refractivity contribution in [3.05, 3.63) is 29.6 Å². The van der Waals surface area contributed by atoms with E-state index in [9.17, 15) is 33.2 Å². The van der Waals surface area contributed by atoms with Gasteiger partial charge in [-0.15, -0.1) is 0 Å². The molecule has 7 N–H and O–H groups in total. The van der Waals surface area contributed by atoms with Crippen molar-refractivity contribution in [2.24, 2.45) is 0 Å². The van der Waals surface area contributed by atoms with Crippen LogP contribution in [0.4, 0.5) is 4.39 Å². The third-order valence-electron chi connectivity index (χ3n) is 5.24. The van der Waals surface area contributed by atoms with Gasteiger partial charge in [-0.05, 0) is 37.5 Å². The van der Waals surface area contributed by atoms with E-state index < -0.39 is 78.8 Å². The first kappa shape index (κ1) is 42.4. The number of hydrogen-bond acceptors (Lipinski definition) is 8. The highest BCUT2D eigenvalue weighted by molar-refractivity contribution is 5.94. The van der Waals surface area contributed by atoms with Gasteiger partial charge in [0.05, 0.1) is 26.0 Å². The van der Waals surface area contributed by atoms with Crippen LogP contribution in [0, 0.1) is 12.7 Å². The molecule has 0 bridgehead atoms. The van der Waals surface area contributed by atoms with Crippen LogP contribution in [0.2, 0.25) is 0 Å². The highest BCUT2D eigenvalue weighted by Crippen LogP contribution is 2.18. The SMILES string of the molecule is CC.CC(=O)NC(CC(=O)O)C(=O)NCC(=O)NC(CC(=O)O)C(=O)NCCCCCCOc1ccc(C)cc1F.CC(=O)O. The largest absolute Gasteiger partial charge is 0.491 e. The molecule has 0 aliphatic carbocycles. The lowest BCUT2D eigenvalue weighted by Gasteiger charge is -2.18. The van der Waals surface area contributed by atoms with E-state index in [1.807, 2.05) is 13.8 Å². The maximum atomic E-state index is 13.7. The van der Waals surface area contributed by atoms with Crippen LogP contribution in [0.15, 0.2) is 18.2 Å². The first-order valence-electron chi connectivity index (χ1n) is 14.3. The second kappa shape index (κ2) is 24.7. The molecule has 0 spiro atoms. The number of rotatable bonds is 18. The van der Waals surface area contributed by atoms with Crippen molar-refractivity contribution in [1.29, 1.82) is 0 Å². The van der Waals surface area contributed by atoms with Crippen molar-refractivity contribution < 1.29 is 58.0 Å². The Hall–Kier alpha value is -4.76. The number of aryl methyl sites for hydroxylation is 1. The molecule has 1 aromatic rings. The Kier molecular flexibility index (Phi) is 23.2. The molecule has 4 amide bonds. The zero-order valence-electron chi connectivity index (χ0n) is 26.2. The molecule has 2 unspecified atom stereocenters. The number of hydrogen-bond donors (Lipinski definition) is 7. The minimum Gasteiger partial charge on any atom is -0.491 e. The number of benzene rings is 1. The van der Waals surface area contributed by atoms with Gasteiger partial charge in [-0.3, -0.25) is 33.6 Å². The van der Waals surface area contributed by atoms with E-state index in [0.29, 0.717) is 25.9 Å². The number of aliphatic carboxylic acids is 3. The second-order valence-corrected chi connectivity index (χ2v) is 9.29. The summed E-state index contributed by atoms with van der Waals surface area (Å²) in [5.74, 6) is -6.94. The van der Waals surface area contributed by atoms with Gasteiger partial charge < -0.3 is 41.3 Å². The Morgan fingerprint density at radius 3 is 1.82 bits per heavy atom. The average molecular weight is 645 g/mol. The fraction of sp³-hybridized carbons (Fsp3) is 0.552. The van der Waals surface area contributed by atoms with Crippen LogP contribution in [0.1, 0.15) is 71.8 Å². The third kappa shape index (κ3) is 23.4. The van der Waals surface area contributed by atoms with Crippen molar-refractivity contribution in [3.8, 4) is 5.75 Å². The second-order valence-electron chi connectivity index (χ2n) is 9.29. The van der Waals surface area contributed by atoms with E-state index in [1.165, 1.54) is 6.07 Å². The predicted molar refractivity (Wildman–Crippen MR) is 160 cm³/mol. The fourth-order valence-corrected chi connectivity index (χ4v) is 3.37. The molecule has 0 aromatic heterocycles. The van der Waals surface area contributed by atoms with Gasteiger partial charge in [0.1, 0.15) is 12.1 Å². The summed E-state index contributed by atoms with van der Waals surface area (Å²) < 4.78 is 19.2. The molecule has 0 saturated heterocycles. The number of halogens is 1. The number of carboxylic acids is 3. The number of unbranched alkanes of at least 4 members (excludes halogenated alkanes) is 3. The van der Waals surface area contributed by atoms with E-state index >= 15 is 0 Å². The van der Waals surface area contributed by atoms with Crippen LogP contribution < -0.4 is 26.0 Å². The number of carboxylic acid groups (broad SMARTS) is 3. The lowest BCUT2D eigenvalue weighted by Crippen LogP contribution is -2.52. The van der Waals surface area contributed by atoms with E-state index in [1.54, 1.807) is 19.1 Å². The lowest BCUT2D eigenvalue weighted by atomic mass is 10.1. The maximum absolute atomic E-state index is 13.7. The van der Waals surface area contributed by atoms with Crippen molar-refractivity contribution in [2.45, 2.75) is 85.2 Å². The molecule has 1 aromatic carbocycles. The van der Waals surface area contributed by atoms with Crippen LogP contribution in [-0.2, 0) is 33.6 Å². The monoisotopic (exact) mass is 644 g/mol. The van der Waals surface area contributed by atoms with E-state index in [-0.39, 0.29) is 12.3 Å². The number of carbonyl (C=O) groups is 7. The van der Waals surface area contributed by atoms with Gasteiger partial charge in [-0.1, -0.05) is 32.8 Å². The molecule has 1 rings (SSSR count). The Morgan fingerprint density at radius 1 is 0.800 bits per heavy atom. The number of ether oxygens (including phenoxy) is 1. The quantitative estimate of drug-likeness (QED) is 0.113. The van der Waals surface area contributed by atoms with Crippen molar-refractivity contribution in [3.63, 3.8) is 0 Å². The van der Waals surface area contributed by atoms with Crippen LogP contribution in [-0.4, -0.2) is 88.6 Å². The van der Waals surface area contributed by atoms with Crippen LogP contribution in [0.25, 0.3) is 0 Å². The summed E-state index contributed by atoms with van der Waals surface area (Å²) in [5.41, 5.74) is 0.795. The van der Waals surface area contributed by atoms with Gasteiger partial charge in [-0.25, -0.2) is 4.39 Å². The van der Waals surface area contributed by atoms with Crippen LogP contribution in [0.3, 0.4) is 0 Å². The molecule has 16 heteroatoms. The molecule has 254 valence electrons. The summed E-state index contributed by atoms with van der Waals surface area (Å²) in [6.07, 6.45) is 1.29. The topological polar surface area (TPSA) is 238 Å². The Balaban J connectivity index is 0. The molecular formula is C29H45FN4O11. The first-order valence-corrected chi connectivity index (χ1v) is 14.3.